The quantitative estimate of drug-likeness (QED) is 0.413. The molecule has 0 N–H and O–H groups in total. The van der Waals surface area contributed by atoms with Gasteiger partial charge in [-0.05, 0) is 18.1 Å². The van der Waals surface area contributed by atoms with Crippen LogP contribution in [-0.4, -0.2) is 34.2 Å². The first-order valence-electron chi connectivity index (χ1n) is 6.06. The molecule has 20 heavy (non-hydrogen) atoms. The fourth-order valence-electron chi connectivity index (χ4n) is 1.31. The van der Waals surface area contributed by atoms with Crippen LogP contribution in [0.15, 0.2) is 16.3 Å². The van der Waals surface area contributed by atoms with Crippen LogP contribution in [-0.2, 0) is 29.7 Å². The lowest BCUT2D eigenvalue weighted by Gasteiger charge is -2.07. The summed E-state index contributed by atoms with van der Waals surface area (Å²) in [6.45, 7) is 5.24. The molecule has 0 atom stereocenters. The van der Waals surface area contributed by atoms with E-state index in [-0.39, 0.29) is 17.2 Å². The molecule has 1 rings (SSSR count). The topological polar surface area (TPSA) is 69.7 Å². The Hall–Kier alpha value is -0.630. The molecular formula is C12H17ClO5S2. The van der Waals surface area contributed by atoms with Crippen molar-refractivity contribution < 1.29 is 22.7 Å². The van der Waals surface area contributed by atoms with Gasteiger partial charge in [-0.3, -0.25) is 4.79 Å². The van der Waals surface area contributed by atoms with Crippen LogP contribution >= 0.6 is 22.0 Å². The molecule has 0 saturated carbocycles. The number of hydrogen-bond donors (Lipinski definition) is 0. The van der Waals surface area contributed by atoms with Gasteiger partial charge in [0.25, 0.3) is 9.05 Å². The van der Waals surface area contributed by atoms with Gasteiger partial charge < -0.3 is 9.47 Å². The smallest absolute Gasteiger partial charge is 0.311 e. The summed E-state index contributed by atoms with van der Waals surface area (Å²) < 4.78 is 32.4. The number of halogens is 1. The van der Waals surface area contributed by atoms with E-state index in [1.807, 2.05) is 13.8 Å². The molecular weight excluding hydrogens is 324 g/mol. The van der Waals surface area contributed by atoms with E-state index >= 15 is 0 Å². The highest BCUT2D eigenvalue weighted by atomic mass is 35.7. The van der Waals surface area contributed by atoms with Crippen LogP contribution in [0.1, 0.15) is 18.7 Å². The SMILES string of the molecule is CC(C)COCCOC(=O)Cc1ccc(S(=O)(=O)Cl)s1. The monoisotopic (exact) mass is 340 g/mol. The zero-order chi connectivity index (χ0) is 15.2. The van der Waals surface area contributed by atoms with Crippen LogP contribution in [0.4, 0.5) is 0 Å². The number of thiophene rings is 1. The van der Waals surface area contributed by atoms with Crippen molar-refractivity contribution in [3.8, 4) is 0 Å². The van der Waals surface area contributed by atoms with Gasteiger partial charge in [-0.1, -0.05) is 13.8 Å². The lowest BCUT2D eigenvalue weighted by molar-refractivity contribution is -0.144. The Labute approximate surface area is 127 Å². The first-order chi connectivity index (χ1) is 9.29. The minimum atomic E-state index is -3.73. The van der Waals surface area contributed by atoms with Crippen LogP contribution in [0.25, 0.3) is 0 Å². The van der Waals surface area contributed by atoms with Gasteiger partial charge in [0, 0.05) is 22.2 Å². The highest BCUT2D eigenvalue weighted by Gasteiger charge is 2.15. The molecule has 114 valence electrons. The number of ether oxygens (including phenoxy) is 2. The number of rotatable bonds is 8. The summed E-state index contributed by atoms with van der Waals surface area (Å²) >= 11 is 0.964. The maximum absolute atomic E-state index is 11.5. The van der Waals surface area contributed by atoms with Crippen LogP contribution in [0.2, 0.25) is 0 Å². The summed E-state index contributed by atoms with van der Waals surface area (Å²) in [5, 5.41) is 0. The lowest BCUT2D eigenvalue weighted by Crippen LogP contribution is -2.13. The second-order valence-corrected chi connectivity index (χ2v) is 8.49. The summed E-state index contributed by atoms with van der Waals surface area (Å²) in [7, 11) is 1.47. The average Bonchev–Trinajstić information content (AvgIpc) is 2.76. The molecule has 0 saturated heterocycles. The molecule has 0 spiro atoms. The van der Waals surface area contributed by atoms with E-state index in [0.717, 1.165) is 11.3 Å². The summed E-state index contributed by atoms with van der Waals surface area (Å²) in [5.74, 6) is 0.0197. The van der Waals surface area contributed by atoms with Crippen molar-refractivity contribution in [3.05, 3.63) is 17.0 Å². The number of esters is 1. The van der Waals surface area contributed by atoms with Gasteiger partial charge in [-0.2, -0.15) is 0 Å². The zero-order valence-electron chi connectivity index (χ0n) is 11.3. The van der Waals surface area contributed by atoms with Gasteiger partial charge >= 0.3 is 5.97 Å². The van der Waals surface area contributed by atoms with Crippen LogP contribution in [0.3, 0.4) is 0 Å². The highest BCUT2D eigenvalue weighted by Crippen LogP contribution is 2.25. The molecule has 1 aromatic heterocycles. The Morgan fingerprint density at radius 3 is 2.60 bits per heavy atom. The Balaban J connectivity index is 2.31. The van der Waals surface area contributed by atoms with E-state index in [9.17, 15) is 13.2 Å². The van der Waals surface area contributed by atoms with Crippen molar-refractivity contribution >= 4 is 37.0 Å². The Morgan fingerprint density at radius 2 is 2.05 bits per heavy atom. The molecule has 5 nitrogen and oxygen atoms in total. The summed E-state index contributed by atoms with van der Waals surface area (Å²) in [5.41, 5.74) is 0. The fourth-order valence-corrected chi connectivity index (χ4v) is 3.42. The average molecular weight is 341 g/mol. The third kappa shape index (κ3) is 6.69. The van der Waals surface area contributed by atoms with Gasteiger partial charge in [0.15, 0.2) is 0 Å². The van der Waals surface area contributed by atoms with Gasteiger partial charge in [0.05, 0.1) is 13.0 Å². The van der Waals surface area contributed by atoms with Crippen molar-refractivity contribution in [2.45, 2.75) is 24.5 Å². The van der Waals surface area contributed by atoms with Gasteiger partial charge in [-0.15, -0.1) is 11.3 Å². The molecule has 0 bridgehead atoms. The van der Waals surface area contributed by atoms with Crippen LogP contribution in [0.5, 0.6) is 0 Å². The summed E-state index contributed by atoms with van der Waals surface area (Å²) in [4.78, 5) is 12.1. The lowest BCUT2D eigenvalue weighted by atomic mass is 10.2. The molecule has 8 heteroatoms. The second kappa shape index (κ2) is 7.97. The van der Waals surface area contributed by atoms with E-state index in [1.165, 1.54) is 6.07 Å². The molecule has 0 amide bonds. The number of carbonyl (C=O) groups is 1. The molecule has 0 aliphatic carbocycles. The molecule has 1 aromatic rings. The van der Waals surface area contributed by atoms with Crippen molar-refractivity contribution in [3.63, 3.8) is 0 Å². The first kappa shape index (κ1) is 17.4. The van der Waals surface area contributed by atoms with Gasteiger partial charge in [0.2, 0.25) is 0 Å². The maximum atomic E-state index is 11.5. The Kier molecular flexibility index (Phi) is 6.94. The van der Waals surface area contributed by atoms with Crippen molar-refractivity contribution in [1.82, 2.24) is 0 Å². The highest BCUT2D eigenvalue weighted by molar-refractivity contribution is 8.15. The largest absolute Gasteiger partial charge is 0.463 e. The Morgan fingerprint density at radius 1 is 1.35 bits per heavy atom. The molecule has 0 aromatic carbocycles. The molecule has 0 unspecified atom stereocenters. The normalized spacial score (nSPS) is 11.8. The van der Waals surface area contributed by atoms with Gasteiger partial charge in [0.1, 0.15) is 10.8 Å². The van der Waals surface area contributed by atoms with Crippen LogP contribution in [0, 0.1) is 5.92 Å². The van der Waals surface area contributed by atoms with E-state index in [4.69, 9.17) is 20.2 Å². The minimum Gasteiger partial charge on any atom is -0.463 e. The van der Waals surface area contributed by atoms with Crippen LogP contribution < -0.4 is 0 Å². The number of hydrogen-bond acceptors (Lipinski definition) is 6. The molecule has 0 radical (unpaired) electrons. The van der Waals surface area contributed by atoms with Crippen molar-refractivity contribution in [2.75, 3.05) is 19.8 Å². The number of carbonyl (C=O) groups excluding carboxylic acids is 1. The third-order valence-electron chi connectivity index (χ3n) is 2.14. The standard InChI is InChI=1S/C12H17ClO5S2/c1-9(2)8-17-5-6-18-11(14)7-10-3-4-12(19-10)20(13,15)16/h3-4,9H,5-8H2,1-2H3. The summed E-state index contributed by atoms with van der Waals surface area (Å²) in [6, 6.07) is 2.93. The predicted octanol–water partition coefficient (Wildman–Crippen LogP) is 2.43. The van der Waals surface area contributed by atoms with E-state index in [2.05, 4.69) is 0 Å². The zero-order valence-corrected chi connectivity index (χ0v) is 13.7. The third-order valence-corrected chi connectivity index (χ3v) is 5.32. The molecule has 0 aliphatic heterocycles. The predicted molar refractivity (Wildman–Crippen MR) is 77.7 cm³/mol. The van der Waals surface area contributed by atoms with Crippen molar-refractivity contribution in [1.29, 1.82) is 0 Å². The minimum absolute atomic E-state index is 0.0290. The van der Waals surface area contributed by atoms with E-state index in [0.29, 0.717) is 24.0 Å². The molecule has 0 aliphatic rings. The van der Waals surface area contributed by atoms with E-state index in [1.54, 1.807) is 6.07 Å². The second-order valence-electron chi connectivity index (χ2n) is 4.52. The Bertz CT molecular complexity index is 536. The van der Waals surface area contributed by atoms with Gasteiger partial charge in [-0.25, -0.2) is 8.42 Å². The van der Waals surface area contributed by atoms with Crippen molar-refractivity contribution in [2.24, 2.45) is 5.92 Å². The summed E-state index contributed by atoms with van der Waals surface area (Å²) in [6.07, 6.45) is 0.0290. The fraction of sp³-hybridized carbons (Fsp3) is 0.583. The first-order valence-corrected chi connectivity index (χ1v) is 9.18. The molecule has 1 heterocycles. The molecule has 0 fully saturated rings. The van der Waals surface area contributed by atoms with E-state index < -0.39 is 15.0 Å². The maximum Gasteiger partial charge on any atom is 0.311 e.